The minimum Gasteiger partial charge on any atom is -0.463 e. The maximum atomic E-state index is 12.0. The first-order chi connectivity index (χ1) is 15.6. The highest BCUT2D eigenvalue weighted by Gasteiger charge is 2.52. The van der Waals surface area contributed by atoms with Crippen LogP contribution in [-0.4, -0.2) is 63.9 Å². The van der Waals surface area contributed by atoms with E-state index in [1.807, 2.05) is 0 Å². The molecule has 0 radical (unpaired) electrons. The molecule has 1 saturated heterocycles. The zero-order chi connectivity index (χ0) is 24.1. The van der Waals surface area contributed by atoms with Crippen LogP contribution in [0.3, 0.4) is 0 Å². The third kappa shape index (κ3) is 6.77. The van der Waals surface area contributed by atoms with Crippen LogP contribution < -0.4 is 4.74 Å². The molecule has 0 bridgehead atoms. The van der Waals surface area contributed by atoms with Gasteiger partial charge in [-0.3, -0.25) is 24.0 Å². The van der Waals surface area contributed by atoms with Gasteiger partial charge in [0.15, 0.2) is 12.2 Å². The van der Waals surface area contributed by atoms with Gasteiger partial charge in [-0.05, 0) is 22.6 Å². The van der Waals surface area contributed by atoms with Crippen LogP contribution in [0, 0.1) is 3.57 Å². The van der Waals surface area contributed by atoms with Crippen LogP contribution in [0.1, 0.15) is 26.8 Å². The zero-order valence-electron chi connectivity index (χ0n) is 17.8. The van der Waals surface area contributed by atoms with Crippen LogP contribution in [0.2, 0.25) is 5.02 Å². The van der Waals surface area contributed by atoms with Gasteiger partial charge in [0.1, 0.15) is 24.5 Å². The van der Waals surface area contributed by atoms with Gasteiger partial charge in [0.25, 0.3) is 0 Å². The maximum absolute atomic E-state index is 12.0. The number of carbonyl (C=O) groups is 3. The predicted octanol–water partition coefficient (Wildman–Crippen LogP) is 2.31. The van der Waals surface area contributed by atoms with Gasteiger partial charge in [-0.1, -0.05) is 11.6 Å². The number of aromatic nitrogens is 3. The maximum Gasteiger partial charge on any atom is 0.303 e. The van der Waals surface area contributed by atoms with E-state index in [-0.39, 0.29) is 12.4 Å². The Morgan fingerprint density at radius 1 is 1.09 bits per heavy atom. The zero-order valence-corrected chi connectivity index (χ0v) is 20.8. The molecule has 0 aliphatic carbocycles. The monoisotopic (exact) mass is 593 g/mol. The molecule has 0 spiro atoms. The highest BCUT2D eigenvalue weighted by Crippen LogP contribution is 2.36. The molecule has 0 unspecified atom stereocenters. The number of hydrogen-bond acceptors (Lipinski definition) is 10. The Morgan fingerprint density at radius 2 is 1.79 bits per heavy atom. The van der Waals surface area contributed by atoms with Gasteiger partial charge < -0.3 is 23.7 Å². The van der Waals surface area contributed by atoms with E-state index >= 15 is 0 Å². The quantitative estimate of drug-likeness (QED) is 0.268. The number of esters is 3. The lowest BCUT2D eigenvalue weighted by Crippen LogP contribution is -2.60. The third-order valence-corrected chi connectivity index (χ3v) is 5.24. The summed E-state index contributed by atoms with van der Waals surface area (Å²) in [5.74, 6) is -1.53. The highest BCUT2D eigenvalue weighted by atomic mass is 127. The molecule has 2 aromatic rings. The minimum atomic E-state index is -1.20. The molecule has 1 aliphatic rings. The molecule has 2 aromatic heterocycles. The van der Waals surface area contributed by atoms with Gasteiger partial charge in [0, 0.05) is 39.2 Å². The fourth-order valence-electron chi connectivity index (χ4n) is 3.35. The Balaban J connectivity index is 2.06. The van der Waals surface area contributed by atoms with Crippen molar-refractivity contribution in [3.05, 3.63) is 39.4 Å². The molecular weight excluding hydrogens is 573 g/mol. The van der Waals surface area contributed by atoms with Gasteiger partial charge in [-0.25, -0.2) is 0 Å². The molecular formula is C20H21ClIN3O8. The molecule has 1 aliphatic heterocycles. The fraction of sp³-hybridized carbons (Fsp3) is 0.450. The summed E-state index contributed by atoms with van der Waals surface area (Å²) in [6, 6.07) is 0.640. The number of nitrogens with zero attached hydrogens (tertiary/aromatic N) is 3. The summed E-state index contributed by atoms with van der Waals surface area (Å²) in [6.45, 7) is 3.45. The van der Waals surface area contributed by atoms with Gasteiger partial charge in [-0.2, -0.15) is 5.10 Å². The largest absolute Gasteiger partial charge is 0.463 e. The van der Waals surface area contributed by atoms with Gasteiger partial charge in [-0.15, -0.1) is 0 Å². The third-order valence-electron chi connectivity index (χ3n) is 4.48. The summed E-state index contributed by atoms with van der Waals surface area (Å²) in [5, 5.41) is 4.63. The first kappa shape index (κ1) is 25.2. The number of halogens is 2. The first-order valence-corrected chi connectivity index (χ1v) is 11.2. The van der Waals surface area contributed by atoms with E-state index in [0.29, 0.717) is 5.02 Å². The fourth-order valence-corrected chi connectivity index (χ4v) is 3.92. The van der Waals surface area contributed by atoms with Crippen molar-refractivity contribution in [3.63, 3.8) is 0 Å². The number of rotatable bonds is 7. The molecule has 33 heavy (non-hydrogen) atoms. The van der Waals surface area contributed by atoms with E-state index in [2.05, 4.69) is 32.7 Å². The molecule has 5 atom stereocenters. The summed E-state index contributed by atoms with van der Waals surface area (Å²) < 4.78 is 30.5. The van der Waals surface area contributed by atoms with Crippen molar-refractivity contribution in [2.45, 2.75) is 51.4 Å². The lowest BCUT2D eigenvalue weighted by Gasteiger charge is -2.44. The molecule has 0 amide bonds. The second kappa shape index (κ2) is 11.1. The van der Waals surface area contributed by atoms with Crippen molar-refractivity contribution in [1.82, 2.24) is 14.8 Å². The van der Waals surface area contributed by atoms with E-state index in [9.17, 15) is 14.4 Å². The Morgan fingerprint density at radius 3 is 2.36 bits per heavy atom. The highest BCUT2D eigenvalue weighted by molar-refractivity contribution is 14.1. The van der Waals surface area contributed by atoms with E-state index in [1.54, 1.807) is 12.4 Å². The molecule has 1 fully saturated rings. The van der Waals surface area contributed by atoms with E-state index in [0.717, 1.165) is 3.57 Å². The van der Waals surface area contributed by atoms with Crippen LogP contribution in [0.4, 0.5) is 0 Å². The molecule has 3 heterocycles. The van der Waals surface area contributed by atoms with Crippen LogP contribution in [0.15, 0.2) is 30.9 Å². The minimum absolute atomic E-state index is 0.246. The SMILES string of the molecule is CC(=O)OC[C@H]1O[C@@H](Oc2cncc(Cl)c2)[C@H](OC(C)=O)[C@@H](n2cc(I)cn2)[C@H]1OC(C)=O. The summed E-state index contributed by atoms with van der Waals surface area (Å²) in [5.41, 5.74) is 0. The van der Waals surface area contributed by atoms with Crippen LogP contribution >= 0.6 is 34.2 Å². The van der Waals surface area contributed by atoms with Crippen LogP contribution in [0.25, 0.3) is 0 Å². The summed E-state index contributed by atoms with van der Waals surface area (Å²) in [7, 11) is 0. The van der Waals surface area contributed by atoms with Gasteiger partial charge in [0.05, 0.1) is 21.0 Å². The normalized spacial score (nSPS) is 24.6. The van der Waals surface area contributed by atoms with Crippen LogP contribution in [0.5, 0.6) is 5.75 Å². The van der Waals surface area contributed by atoms with E-state index in [1.165, 1.54) is 43.9 Å². The molecule has 0 saturated carbocycles. The van der Waals surface area contributed by atoms with Crippen molar-refractivity contribution in [1.29, 1.82) is 0 Å². The van der Waals surface area contributed by atoms with Gasteiger partial charge >= 0.3 is 17.9 Å². The van der Waals surface area contributed by atoms with E-state index < -0.39 is 48.6 Å². The summed E-state index contributed by atoms with van der Waals surface area (Å²) in [4.78, 5) is 39.4. The number of carbonyl (C=O) groups excluding carboxylic acids is 3. The lowest BCUT2D eigenvalue weighted by molar-refractivity contribution is -0.270. The molecule has 3 rings (SSSR count). The second-order valence-corrected chi connectivity index (χ2v) is 8.76. The number of hydrogen-bond donors (Lipinski definition) is 0. The molecule has 0 aromatic carbocycles. The van der Waals surface area contributed by atoms with Crippen molar-refractivity contribution in [2.24, 2.45) is 0 Å². The molecule has 11 nitrogen and oxygen atoms in total. The van der Waals surface area contributed by atoms with E-state index in [4.69, 9.17) is 35.3 Å². The van der Waals surface area contributed by atoms with Crippen molar-refractivity contribution >= 4 is 52.1 Å². The van der Waals surface area contributed by atoms with Crippen molar-refractivity contribution in [3.8, 4) is 5.75 Å². The molecule has 13 heteroatoms. The lowest BCUT2D eigenvalue weighted by atomic mass is 9.95. The summed E-state index contributed by atoms with van der Waals surface area (Å²) >= 11 is 8.07. The second-order valence-electron chi connectivity index (χ2n) is 7.08. The number of ether oxygens (including phenoxy) is 5. The smallest absolute Gasteiger partial charge is 0.303 e. The Bertz CT molecular complexity index is 1020. The van der Waals surface area contributed by atoms with Gasteiger partial charge in [0.2, 0.25) is 6.29 Å². The average molecular weight is 594 g/mol. The standard InChI is InChI=1S/C20H21ClIN3O8/c1-10(26)29-9-16-18(30-11(2)27)17(25-8-14(22)6-24-25)19(31-12(3)28)20(33-16)32-15-4-13(21)5-23-7-15/h4-8,16-20H,9H2,1-3H3/t16-,17+,18+,19-,20-/m1/s1. The molecule has 0 N–H and O–H groups in total. The first-order valence-electron chi connectivity index (χ1n) is 9.74. The average Bonchev–Trinajstić information content (AvgIpc) is 3.14. The topological polar surface area (TPSA) is 128 Å². The molecule has 178 valence electrons. The Hall–Kier alpha value is -2.45. The number of pyridine rings is 1. The van der Waals surface area contributed by atoms with Crippen LogP contribution in [-0.2, 0) is 33.3 Å². The Labute approximate surface area is 207 Å². The predicted molar refractivity (Wildman–Crippen MR) is 120 cm³/mol. The van der Waals surface area contributed by atoms with Crippen molar-refractivity contribution < 1.29 is 38.1 Å². The van der Waals surface area contributed by atoms with Crippen molar-refractivity contribution in [2.75, 3.05) is 6.61 Å². The Kier molecular flexibility index (Phi) is 8.48. The summed E-state index contributed by atoms with van der Waals surface area (Å²) in [6.07, 6.45) is 1.81.